The summed E-state index contributed by atoms with van der Waals surface area (Å²) in [4.78, 5) is 14.8. The minimum atomic E-state index is 0.0926. The summed E-state index contributed by atoms with van der Waals surface area (Å²) in [6.45, 7) is 3.47. The molecule has 0 saturated carbocycles. The van der Waals surface area contributed by atoms with Crippen LogP contribution in [0.5, 0.6) is 0 Å². The summed E-state index contributed by atoms with van der Waals surface area (Å²) in [5.74, 6) is 1.30. The van der Waals surface area contributed by atoms with Crippen molar-refractivity contribution in [2.45, 2.75) is 25.7 Å². The van der Waals surface area contributed by atoms with Gasteiger partial charge in [-0.05, 0) is 50.1 Å². The normalized spacial score (nSPS) is 18.5. The van der Waals surface area contributed by atoms with Crippen molar-refractivity contribution in [3.05, 3.63) is 53.5 Å². The van der Waals surface area contributed by atoms with Gasteiger partial charge in [0.2, 0.25) is 0 Å². The maximum absolute atomic E-state index is 12.8. The molecule has 118 valence electrons. The Morgan fingerprint density at radius 1 is 1.35 bits per heavy atom. The van der Waals surface area contributed by atoms with Gasteiger partial charge in [0, 0.05) is 41.8 Å². The van der Waals surface area contributed by atoms with Crippen LogP contribution in [0.2, 0.25) is 0 Å². The average Bonchev–Trinajstić information content (AvgIpc) is 3.22. The zero-order valence-corrected chi connectivity index (χ0v) is 13.1. The number of amides is 1. The van der Waals surface area contributed by atoms with Gasteiger partial charge in [0.15, 0.2) is 0 Å². The molecule has 2 aromatic heterocycles. The molecule has 0 unspecified atom stereocenters. The molecule has 0 aliphatic carbocycles. The summed E-state index contributed by atoms with van der Waals surface area (Å²) < 4.78 is 5.58. The summed E-state index contributed by atoms with van der Waals surface area (Å²) in [6, 6.07) is 9.63. The molecule has 1 amide bonds. The van der Waals surface area contributed by atoms with Crippen LogP contribution in [0.3, 0.4) is 0 Å². The smallest absolute Gasteiger partial charge is 0.253 e. The number of H-pyrrole nitrogens is 1. The van der Waals surface area contributed by atoms with Gasteiger partial charge < -0.3 is 9.32 Å². The molecule has 1 aliphatic heterocycles. The molecule has 3 aromatic rings. The highest BCUT2D eigenvalue weighted by molar-refractivity contribution is 5.98. The van der Waals surface area contributed by atoms with E-state index in [0.29, 0.717) is 5.92 Å². The highest BCUT2D eigenvalue weighted by Gasteiger charge is 2.26. The van der Waals surface area contributed by atoms with Crippen molar-refractivity contribution in [3.8, 4) is 0 Å². The Kier molecular flexibility index (Phi) is 3.41. The van der Waals surface area contributed by atoms with Crippen molar-refractivity contribution in [2.24, 2.45) is 0 Å². The number of hydrogen-bond acceptors (Lipinski definition) is 3. The van der Waals surface area contributed by atoms with Crippen molar-refractivity contribution in [2.75, 3.05) is 13.1 Å². The maximum Gasteiger partial charge on any atom is 0.253 e. The molecule has 1 aliphatic rings. The van der Waals surface area contributed by atoms with Crippen molar-refractivity contribution in [1.29, 1.82) is 0 Å². The van der Waals surface area contributed by atoms with Gasteiger partial charge in [0.25, 0.3) is 5.91 Å². The molecule has 5 heteroatoms. The first-order chi connectivity index (χ1) is 11.2. The van der Waals surface area contributed by atoms with E-state index in [2.05, 4.69) is 10.2 Å². The van der Waals surface area contributed by atoms with Crippen LogP contribution in [0, 0.1) is 6.92 Å². The van der Waals surface area contributed by atoms with E-state index < -0.39 is 0 Å². The van der Waals surface area contributed by atoms with Crippen LogP contribution in [0.25, 0.3) is 11.0 Å². The highest BCUT2D eigenvalue weighted by atomic mass is 16.3. The van der Waals surface area contributed by atoms with Crippen molar-refractivity contribution < 1.29 is 9.21 Å². The molecular weight excluding hydrogens is 290 g/mol. The van der Waals surface area contributed by atoms with Crippen LogP contribution in [-0.2, 0) is 0 Å². The lowest BCUT2D eigenvalue weighted by Gasteiger charge is -2.32. The van der Waals surface area contributed by atoms with Gasteiger partial charge in [-0.15, -0.1) is 0 Å². The van der Waals surface area contributed by atoms with Gasteiger partial charge in [0.05, 0.1) is 0 Å². The van der Waals surface area contributed by atoms with Crippen LogP contribution in [0.15, 0.2) is 40.9 Å². The fraction of sp³-hybridized carbons (Fsp3) is 0.333. The number of nitrogens with one attached hydrogen (secondary N) is 1. The van der Waals surface area contributed by atoms with E-state index in [9.17, 15) is 4.79 Å². The molecule has 1 fully saturated rings. The highest BCUT2D eigenvalue weighted by Crippen LogP contribution is 2.27. The standard InChI is InChI=1S/C18H19N3O2/c1-12-9-15-10-13(4-5-17(15)23-12)18(22)21-8-2-3-14(11-21)16-6-7-19-20-16/h4-7,9-10,14H,2-3,8,11H2,1H3,(H,19,20)/t14-/m0/s1. The van der Waals surface area contributed by atoms with E-state index in [1.165, 1.54) is 0 Å². The lowest BCUT2D eigenvalue weighted by molar-refractivity contribution is 0.0706. The Bertz CT molecular complexity index is 835. The van der Waals surface area contributed by atoms with E-state index >= 15 is 0 Å². The average molecular weight is 309 g/mol. The molecule has 1 saturated heterocycles. The lowest BCUT2D eigenvalue weighted by atomic mass is 9.94. The molecule has 5 nitrogen and oxygen atoms in total. The number of carbonyl (C=O) groups is 1. The van der Waals surface area contributed by atoms with E-state index in [-0.39, 0.29) is 5.91 Å². The monoisotopic (exact) mass is 309 g/mol. The van der Waals surface area contributed by atoms with Gasteiger partial charge in [-0.1, -0.05) is 0 Å². The molecule has 1 N–H and O–H groups in total. The number of carbonyl (C=O) groups excluding carboxylic acids is 1. The summed E-state index contributed by atoms with van der Waals surface area (Å²) in [5, 5.41) is 8.04. The number of likely N-dealkylation sites (tertiary alicyclic amines) is 1. The van der Waals surface area contributed by atoms with Crippen LogP contribution >= 0.6 is 0 Å². The quantitative estimate of drug-likeness (QED) is 0.788. The Hall–Kier alpha value is -2.56. The topological polar surface area (TPSA) is 62.1 Å². The van der Waals surface area contributed by atoms with Crippen LogP contribution in [-0.4, -0.2) is 34.1 Å². The third-order valence-corrected chi connectivity index (χ3v) is 4.56. The van der Waals surface area contributed by atoms with Crippen LogP contribution in [0.4, 0.5) is 0 Å². The predicted molar refractivity (Wildman–Crippen MR) is 87.4 cm³/mol. The van der Waals surface area contributed by atoms with Gasteiger partial charge >= 0.3 is 0 Å². The Morgan fingerprint density at radius 2 is 2.26 bits per heavy atom. The molecule has 3 heterocycles. The first-order valence-corrected chi connectivity index (χ1v) is 7.99. The molecule has 1 atom stereocenters. The molecule has 4 rings (SSSR count). The number of aromatic nitrogens is 2. The maximum atomic E-state index is 12.8. The Labute approximate surface area is 134 Å². The molecule has 0 spiro atoms. The predicted octanol–water partition coefficient (Wildman–Crippen LogP) is 3.48. The minimum absolute atomic E-state index is 0.0926. The molecule has 1 aromatic carbocycles. The van der Waals surface area contributed by atoms with E-state index in [0.717, 1.165) is 53.9 Å². The second-order valence-electron chi connectivity index (χ2n) is 6.21. The largest absolute Gasteiger partial charge is 0.461 e. The lowest BCUT2D eigenvalue weighted by Crippen LogP contribution is -2.39. The number of aromatic amines is 1. The second kappa shape index (κ2) is 5.57. The Morgan fingerprint density at radius 3 is 3.09 bits per heavy atom. The van der Waals surface area contributed by atoms with Gasteiger partial charge in [0.1, 0.15) is 11.3 Å². The van der Waals surface area contributed by atoms with Gasteiger partial charge in [-0.3, -0.25) is 9.89 Å². The fourth-order valence-corrected chi connectivity index (χ4v) is 3.40. The molecule has 0 radical (unpaired) electrons. The molecule has 23 heavy (non-hydrogen) atoms. The van der Waals surface area contributed by atoms with Crippen molar-refractivity contribution >= 4 is 16.9 Å². The number of benzene rings is 1. The van der Waals surface area contributed by atoms with Crippen LogP contribution < -0.4 is 0 Å². The first kappa shape index (κ1) is 14.1. The number of aryl methyl sites for hydroxylation is 1. The van der Waals surface area contributed by atoms with Gasteiger partial charge in [-0.25, -0.2) is 0 Å². The minimum Gasteiger partial charge on any atom is -0.461 e. The fourth-order valence-electron chi connectivity index (χ4n) is 3.40. The molecule has 0 bridgehead atoms. The van der Waals surface area contributed by atoms with Crippen molar-refractivity contribution in [1.82, 2.24) is 15.1 Å². The van der Waals surface area contributed by atoms with E-state index in [1.807, 2.05) is 42.2 Å². The van der Waals surface area contributed by atoms with Crippen LogP contribution in [0.1, 0.15) is 40.6 Å². The zero-order chi connectivity index (χ0) is 15.8. The number of furan rings is 1. The summed E-state index contributed by atoms with van der Waals surface area (Å²) in [5.41, 5.74) is 2.67. The van der Waals surface area contributed by atoms with E-state index in [4.69, 9.17) is 4.42 Å². The number of fused-ring (bicyclic) bond motifs is 1. The number of piperidine rings is 1. The zero-order valence-electron chi connectivity index (χ0n) is 13.1. The SMILES string of the molecule is Cc1cc2cc(C(=O)N3CCC[C@H](c4ccn[nH]4)C3)ccc2o1. The number of rotatable bonds is 2. The summed E-state index contributed by atoms with van der Waals surface area (Å²) in [6.07, 6.45) is 3.87. The Balaban J connectivity index is 1.57. The first-order valence-electron chi connectivity index (χ1n) is 7.99. The summed E-state index contributed by atoms with van der Waals surface area (Å²) in [7, 11) is 0. The third kappa shape index (κ3) is 2.63. The summed E-state index contributed by atoms with van der Waals surface area (Å²) >= 11 is 0. The number of hydrogen-bond donors (Lipinski definition) is 1. The second-order valence-corrected chi connectivity index (χ2v) is 6.21. The van der Waals surface area contributed by atoms with E-state index in [1.54, 1.807) is 6.20 Å². The number of nitrogens with zero attached hydrogens (tertiary/aromatic N) is 2. The third-order valence-electron chi connectivity index (χ3n) is 4.56. The van der Waals surface area contributed by atoms with Crippen molar-refractivity contribution in [3.63, 3.8) is 0 Å². The van der Waals surface area contributed by atoms with Gasteiger partial charge in [-0.2, -0.15) is 5.10 Å². The molecular formula is C18H19N3O2.